The predicted molar refractivity (Wildman–Crippen MR) is 88.3 cm³/mol. The van der Waals surface area contributed by atoms with Gasteiger partial charge in [0.25, 0.3) is 0 Å². The fourth-order valence-electron chi connectivity index (χ4n) is 2.20. The van der Waals surface area contributed by atoms with Crippen molar-refractivity contribution < 1.29 is 8.78 Å². The van der Waals surface area contributed by atoms with Gasteiger partial charge in [-0.05, 0) is 48.9 Å². The Kier molecular flexibility index (Phi) is 5.90. The first kappa shape index (κ1) is 16.6. The lowest BCUT2D eigenvalue weighted by Gasteiger charge is -2.21. The van der Waals surface area contributed by atoms with E-state index in [0.717, 1.165) is 20.9 Å². The molecule has 0 aliphatic carbocycles. The summed E-state index contributed by atoms with van der Waals surface area (Å²) in [5.41, 5.74) is 0.852. The van der Waals surface area contributed by atoms with Gasteiger partial charge >= 0.3 is 0 Å². The van der Waals surface area contributed by atoms with Gasteiger partial charge in [0.05, 0.1) is 6.04 Å². The molecule has 1 unspecified atom stereocenters. The molecule has 112 valence electrons. The zero-order chi connectivity index (χ0) is 15.4. The highest BCUT2D eigenvalue weighted by atomic mass is 79.9. The van der Waals surface area contributed by atoms with Gasteiger partial charge in [0, 0.05) is 14.5 Å². The van der Waals surface area contributed by atoms with Gasteiger partial charge in [0.15, 0.2) is 0 Å². The standard InChI is InChI=1S/C16H15Br2F2N/c1-2-6-21-16(10-7-11(17)9-12(18)8-10)15-13(19)4-3-5-14(15)20/h3-5,7-9,16,21H,2,6H2,1H3. The van der Waals surface area contributed by atoms with E-state index < -0.39 is 17.7 Å². The highest BCUT2D eigenvalue weighted by Gasteiger charge is 2.21. The second-order valence-electron chi connectivity index (χ2n) is 4.73. The summed E-state index contributed by atoms with van der Waals surface area (Å²) in [4.78, 5) is 0. The van der Waals surface area contributed by atoms with Crippen LogP contribution in [0.25, 0.3) is 0 Å². The van der Waals surface area contributed by atoms with Crippen LogP contribution in [-0.4, -0.2) is 6.54 Å². The quantitative estimate of drug-likeness (QED) is 0.668. The molecule has 0 radical (unpaired) electrons. The number of benzene rings is 2. The minimum atomic E-state index is -0.542. The number of hydrogen-bond acceptors (Lipinski definition) is 1. The molecular formula is C16H15Br2F2N. The first-order valence-electron chi connectivity index (χ1n) is 6.66. The largest absolute Gasteiger partial charge is 0.306 e. The van der Waals surface area contributed by atoms with Crippen LogP contribution in [0.2, 0.25) is 0 Å². The van der Waals surface area contributed by atoms with Crippen LogP contribution < -0.4 is 5.32 Å². The Balaban J connectivity index is 2.52. The van der Waals surface area contributed by atoms with Crippen molar-refractivity contribution in [2.24, 2.45) is 0 Å². The van der Waals surface area contributed by atoms with E-state index in [-0.39, 0.29) is 5.56 Å². The molecular weight excluding hydrogens is 404 g/mol. The van der Waals surface area contributed by atoms with Crippen LogP contribution >= 0.6 is 31.9 Å². The summed E-state index contributed by atoms with van der Waals surface area (Å²) in [5.74, 6) is -1.08. The Bertz CT molecular complexity index is 591. The topological polar surface area (TPSA) is 12.0 Å². The fraction of sp³-hybridized carbons (Fsp3) is 0.250. The van der Waals surface area contributed by atoms with Gasteiger partial charge in [-0.2, -0.15) is 0 Å². The zero-order valence-electron chi connectivity index (χ0n) is 11.5. The van der Waals surface area contributed by atoms with Gasteiger partial charge in [0.1, 0.15) is 11.6 Å². The van der Waals surface area contributed by atoms with E-state index >= 15 is 0 Å². The van der Waals surface area contributed by atoms with Crippen molar-refractivity contribution in [3.8, 4) is 0 Å². The smallest absolute Gasteiger partial charge is 0.131 e. The van der Waals surface area contributed by atoms with Crippen LogP contribution in [0.4, 0.5) is 8.78 Å². The van der Waals surface area contributed by atoms with Gasteiger partial charge < -0.3 is 5.32 Å². The Morgan fingerprint density at radius 1 is 1.05 bits per heavy atom. The van der Waals surface area contributed by atoms with Crippen LogP contribution in [0.1, 0.15) is 30.5 Å². The summed E-state index contributed by atoms with van der Waals surface area (Å²) in [6.07, 6.45) is 0.877. The first-order chi connectivity index (χ1) is 10.0. The van der Waals surface area contributed by atoms with E-state index in [9.17, 15) is 8.78 Å². The monoisotopic (exact) mass is 417 g/mol. The first-order valence-corrected chi connectivity index (χ1v) is 8.24. The summed E-state index contributed by atoms with van der Waals surface area (Å²) < 4.78 is 29.9. The predicted octanol–water partition coefficient (Wildman–Crippen LogP) is 5.58. The lowest BCUT2D eigenvalue weighted by molar-refractivity contribution is 0.503. The molecule has 0 bridgehead atoms. The van der Waals surface area contributed by atoms with Gasteiger partial charge in [-0.3, -0.25) is 0 Å². The summed E-state index contributed by atoms with van der Waals surface area (Å²) in [6.45, 7) is 2.68. The van der Waals surface area contributed by atoms with E-state index in [4.69, 9.17) is 0 Å². The lowest BCUT2D eigenvalue weighted by Crippen LogP contribution is -2.25. The van der Waals surface area contributed by atoms with Crippen molar-refractivity contribution in [2.45, 2.75) is 19.4 Å². The molecule has 1 N–H and O–H groups in total. The maximum Gasteiger partial charge on any atom is 0.131 e. The molecule has 0 amide bonds. The molecule has 1 atom stereocenters. The van der Waals surface area contributed by atoms with Crippen LogP contribution in [0.15, 0.2) is 45.3 Å². The van der Waals surface area contributed by atoms with Gasteiger partial charge in [0.2, 0.25) is 0 Å². The van der Waals surface area contributed by atoms with Crippen LogP contribution in [-0.2, 0) is 0 Å². The lowest BCUT2D eigenvalue weighted by atomic mass is 9.97. The van der Waals surface area contributed by atoms with E-state index in [0.29, 0.717) is 6.54 Å². The number of hydrogen-bond donors (Lipinski definition) is 1. The van der Waals surface area contributed by atoms with E-state index in [1.54, 1.807) is 0 Å². The Morgan fingerprint density at radius 2 is 1.62 bits per heavy atom. The van der Waals surface area contributed by atoms with Gasteiger partial charge in [-0.25, -0.2) is 8.78 Å². The maximum absolute atomic E-state index is 14.1. The van der Waals surface area contributed by atoms with Crippen LogP contribution in [0.3, 0.4) is 0 Å². The third-order valence-electron chi connectivity index (χ3n) is 3.11. The molecule has 21 heavy (non-hydrogen) atoms. The highest BCUT2D eigenvalue weighted by molar-refractivity contribution is 9.11. The van der Waals surface area contributed by atoms with Crippen molar-refractivity contribution in [3.05, 3.63) is 68.1 Å². The Hall–Kier alpha value is -0.780. The molecule has 0 aromatic heterocycles. The van der Waals surface area contributed by atoms with Crippen molar-refractivity contribution >= 4 is 31.9 Å². The van der Waals surface area contributed by atoms with E-state index in [1.807, 2.05) is 25.1 Å². The number of rotatable bonds is 5. The summed E-state index contributed by atoms with van der Waals surface area (Å²) in [5, 5.41) is 3.22. The Labute approximate surface area is 140 Å². The molecule has 1 nitrogen and oxygen atoms in total. The van der Waals surface area contributed by atoms with Crippen LogP contribution in [0.5, 0.6) is 0 Å². The molecule has 0 fully saturated rings. The van der Waals surface area contributed by atoms with Gasteiger partial charge in [-0.15, -0.1) is 0 Å². The molecule has 0 heterocycles. The normalized spacial score (nSPS) is 12.4. The SMILES string of the molecule is CCCNC(c1cc(Br)cc(Br)c1)c1c(F)cccc1F. The Morgan fingerprint density at radius 3 is 2.14 bits per heavy atom. The maximum atomic E-state index is 14.1. The highest BCUT2D eigenvalue weighted by Crippen LogP contribution is 2.31. The molecule has 2 rings (SSSR count). The molecule has 0 aliphatic heterocycles. The second kappa shape index (κ2) is 7.47. The molecule has 0 saturated carbocycles. The molecule has 0 saturated heterocycles. The second-order valence-corrected chi connectivity index (χ2v) is 6.56. The average Bonchev–Trinajstić information content (AvgIpc) is 2.41. The van der Waals surface area contributed by atoms with Gasteiger partial charge in [-0.1, -0.05) is 44.8 Å². The van der Waals surface area contributed by atoms with E-state index in [1.165, 1.54) is 18.2 Å². The molecule has 5 heteroatoms. The number of nitrogens with one attached hydrogen (secondary N) is 1. The minimum absolute atomic E-state index is 0.0518. The third kappa shape index (κ3) is 4.11. The van der Waals surface area contributed by atoms with E-state index in [2.05, 4.69) is 37.2 Å². The van der Waals surface area contributed by atoms with Crippen molar-refractivity contribution in [1.82, 2.24) is 5.32 Å². The molecule has 0 aliphatic rings. The molecule has 2 aromatic rings. The van der Waals surface area contributed by atoms with Crippen LogP contribution in [0, 0.1) is 11.6 Å². The summed E-state index contributed by atoms with van der Waals surface area (Å²) in [6, 6.07) is 9.03. The zero-order valence-corrected chi connectivity index (χ0v) is 14.6. The minimum Gasteiger partial charge on any atom is -0.306 e. The fourth-order valence-corrected chi connectivity index (χ4v) is 3.53. The molecule has 2 aromatic carbocycles. The summed E-state index contributed by atoms with van der Waals surface area (Å²) in [7, 11) is 0. The number of halogens is 4. The van der Waals surface area contributed by atoms with Crippen molar-refractivity contribution in [1.29, 1.82) is 0 Å². The van der Waals surface area contributed by atoms with Crippen molar-refractivity contribution in [2.75, 3.05) is 6.54 Å². The average molecular weight is 419 g/mol. The third-order valence-corrected chi connectivity index (χ3v) is 4.02. The molecule has 0 spiro atoms. The van der Waals surface area contributed by atoms with Crippen molar-refractivity contribution in [3.63, 3.8) is 0 Å². The summed E-state index contributed by atoms with van der Waals surface area (Å²) >= 11 is 6.83.